The van der Waals surface area contributed by atoms with Crippen LogP contribution in [0.5, 0.6) is 0 Å². The zero-order chi connectivity index (χ0) is 10.5. The molecule has 0 aliphatic carbocycles. The molecular formula is C14H9N2S. The van der Waals surface area contributed by atoms with E-state index in [2.05, 4.69) is 52.8 Å². The lowest BCUT2D eigenvalue weighted by molar-refractivity contribution is 1.55. The molecular weight excluding hydrogens is 228 g/mol. The van der Waals surface area contributed by atoms with Gasteiger partial charge in [-0.3, -0.25) is 0 Å². The third-order valence-corrected chi connectivity index (χ3v) is 4.04. The lowest BCUT2D eigenvalue weighted by Gasteiger charge is -1.93. The highest BCUT2D eigenvalue weighted by Gasteiger charge is 2.07. The maximum atomic E-state index is 3.47. The SMILES string of the molecule is [N].c1ccc2c(c1)[nH]c1ccc3ccsc3c12. The van der Waals surface area contributed by atoms with Gasteiger partial charge in [-0.2, -0.15) is 0 Å². The largest absolute Gasteiger partial charge is 0.354 e. The Hall–Kier alpha value is -1.84. The number of fused-ring (bicyclic) bond motifs is 5. The van der Waals surface area contributed by atoms with Gasteiger partial charge in [0.15, 0.2) is 0 Å². The molecule has 1 N–H and O–H groups in total. The van der Waals surface area contributed by atoms with Crippen LogP contribution < -0.4 is 6.15 Å². The highest BCUT2D eigenvalue weighted by Crippen LogP contribution is 2.34. The molecule has 0 amide bonds. The lowest BCUT2D eigenvalue weighted by Crippen LogP contribution is -1.67. The fourth-order valence-corrected chi connectivity index (χ4v) is 3.32. The van der Waals surface area contributed by atoms with Gasteiger partial charge >= 0.3 is 0 Å². The third-order valence-electron chi connectivity index (χ3n) is 3.09. The number of rotatable bonds is 0. The number of hydrogen-bond acceptors (Lipinski definition) is 1. The Morgan fingerprint density at radius 3 is 2.71 bits per heavy atom. The number of aromatic amines is 1. The first-order valence-electron chi connectivity index (χ1n) is 5.30. The summed E-state index contributed by atoms with van der Waals surface area (Å²) in [5.41, 5.74) is 2.45. The summed E-state index contributed by atoms with van der Waals surface area (Å²) in [5.74, 6) is 0. The van der Waals surface area contributed by atoms with Gasteiger partial charge in [-0.25, -0.2) is 0 Å². The molecule has 81 valence electrons. The molecule has 2 aromatic carbocycles. The van der Waals surface area contributed by atoms with Crippen LogP contribution in [0.1, 0.15) is 0 Å². The molecule has 2 nitrogen and oxygen atoms in total. The molecule has 0 aliphatic rings. The quantitative estimate of drug-likeness (QED) is 0.479. The number of benzene rings is 2. The van der Waals surface area contributed by atoms with Crippen LogP contribution in [-0.2, 0) is 0 Å². The maximum Gasteiger partial charge on any atom is 0.0479 e. The van der Waals surface area contributed by atoms with Crippen LogP contribution in [0.25, 0.3) is 31.9 Å². The third kappa shape index (κ3) is 1.30. The molecule has 0 fully saturated rings. The van der Waals surface area contributed by atoms with Crippen molar-refractivity contribution in [3.63, 3.8) is 0 Å². The van der Waals surface area contributed by atoms with E-state index in [1.54, 1.807) is 0 Å². The van der Waals surface area contributed by atoms with Crippen molar-refractivity contribution in [1.29, 1.82) is 0 Å². The van der Waals surface area contributed by atoms with E-state index in [0.29, 0.717) is 0 Å². The van der Waals surface area contributed by atoms with Gasteiger partial charge in [-0.1, -0.05) is 24.3 Å². The van der Waals surface area contributed by atoms with Gasteiger partial charge in [-0.05, 0) is 29.0 Å². The summed E-state index contributed by atoms with van der Waals surface area (Å²) in [6, 6.07) is 15.0. The zero-order valence-corrected chi connectivity index (χ0v) is 9.79. The molecule has 0 aliphatic heterocycles. The van der Waals surface area contributed by atoms with E-state index < -0.39 is 0 Å². The summed E-state index contributed by atoms with van der Waals surface area (Å²) in [4.78, 5) is 3.47. The average molecular weight is 237 g/mol. The monoisotopic (exact) mass is 237 g/mol. The first-order chi connectivity index (χ1) is 7.93. The summed E-state index contributed by atoms with van der Waals surface area (Å²) in [7, 11) is 0. The van der Waals surface area contributed by atoms with E-state index in [-0.39, 0.29) is 6.15 Å². The fraction of sp³-hybridized carbons (Fsp3) is 0. The highest BCUT2D eigenvalue weighted by molar-refractivity contribution is 7.18. The summed E-state index contributed by atoms with van der Waals surface area (Å²) in [6.07, 6.45) is 0. The summed E-state index contributed by atoms with van der Waals surface area (Å²) in [6.45, 7) is 0. The predicted molar refractivity (Wildman–Crippen MR) is 73.3 cm³/mol. The second-order valence-electron chi connectivity index (χ2n) is 4.00. The van der Waals surface area contributed by atoms with Crippen LogP contribution in [0.4, 0.5) is 0 Å². The molecule has 17 heavy (non-hydrogen) atoms. The Morgan fingerprint density at radius 2 is 1.76 bits per heavy atom. The van der Waals surface area contributed by atoms with Gasteiger partial charge in [0.05, 0.1) is 0 Å². The first-order valence-corrected chi connectivity index (χ1v) is 6.18. The van der Waals surface area contributed by atoms with Crippen LogP contribution in [0.15, 0.2) is 47.8 Å². The normalized spacial score (nSPS) is 11.1. The molecule has 3 radical (unpaired) electrons. The van der Waals surface area contributed by atoms with Crippen LogP contribution in [0.3, 0.4) is 0 Å². The number of thiophene rings is 1. The molecule has 0 unspecified atom stereocenters. The van der Waals surface area contributed by atoms with Crippen molar-refractivity contribution in [2.45, 2.75) is 0 Å². The minimum absolute atomic E-state index is 0. The van der Waals surface area contributed by atoms with Crippen molar-refractivity contribution >= 4 is 43.2 Å². The number of H-pyrrole nitrogens is 1. The van der Waals surface area contributed by atoms with Crippen molar-refractivity contribution in [3.8, 4) is 0 Å². The minimum Gasteiger partial charge on any atom is -0.354 e. The molecule has 3 heteroatoms. The highest BCUT2D eigenvalue weighted by atomic mass is 32.1. The molecule has 0 saturated carbocycles. The second kappa shape index (κ2) is 3.58. The lowest BCUT2D eigenvalue weighted by atomic mass is 10.1. The minimum atomic E-state index is 0. The molecule has 2 aromatic heterocycles. The smallest absolute Gasteiger partial charge is 0.0479 e. The maximum absolute atomic E-state index is 3.47. The molecule has 0 atom stereocenters. The Bertz CT molecular complexity index is 811. The van der Waals surface area contributed by atoms with E-state index >= 15 is 0 Å². The van der Waals surface area contributed by atoms with E-state index in [9.17, 15) is 0 Å². The van der Waals surface area contributed by atoms with Gasteiger partial charge in [0.1, 0.15) is 0 Å². The number of nitrogens with zero attached hydrogens (tertiary/aromatic N) is 1. The topological polar surface area (TPSA) is 46.3 Å². The molecule has 0 saturated heterocycles. The molecule has 4 aromatic rings. The van der Waals surface area contributed by atoms with Crippen LogP contribution in [0, 0.1) is 0 Å². The van der Waals surface area contributed by atoms with Gasteiger partial charge in [-0.15, -0.1) is 11.3 Å². The number of aromatic nitrogens is 1. The summed E-state index contributed by atoms with van der Waals surface area (Å²) < 4.78 is 1.38. The molecule has 4 rings (SSSR count). The Balaban J connectivity index is 0.000000902. The fourth-order valence-electron chi connectivity index (χ4n) is 2.36. The van der Waals surface area contributed by atoms with Crippen molar-refractivity contribution in [2.24, 2.45) is 0 Å². The van der Waals surface area contributed by atoms with Crippen LogP contribution in [0.2, 0.25) is 0 Å². The van der Waals surface area contributed by atoms with E-state index in [0.717, 1.165) is 0 Å². The molecule has 0 spiro atoms. The molecule has 0 bridgehead atoms. The van der Waals surface area contributed by atoms with E-state index in [1.807, 2.05) is 11.3 Å². The van der Waals surface area contributed by atoms with Crippen LogP contribution in [-0.4, -0.2) is 4.98 Å². The summed E-state index contributed by atoms with van der Waals surface area (Å²) in [5, 5.41) is 6.18. The standard InChI is InChI=1S/C14H9NS.N/c1-2-4-11-10(3-1)13-12(15-11)6-5-9-7-8-16-14(9)13;/h1-8,15H;. The van der Waals surface area contributed by atoms with Gasteiger partial charge in [0, 0.05) is 32.7 Å². The number of hydrogen-bond donors (Lipinski definition) is 1. The van der Waals surface area contributed by atoms with Crippen LogP contribution >= 0.6 is 11.3 Å². The predicted octanol–water partition coefficient (Wildman–Crippen LogP) is 4.06. The average Bonchev–Trinajstić information content (AvgIpc) is 2.91. The van der Waals surface area contributed by atoms with Crippen molar-refractivity contribution in [1.82, 2.24) is 11.1 Å². The van der Waals surface area contributed by atoms with Crippen molar-refractivity contribution in [3.05, 3.63) is 47.8 Å². The number of para-hydroxylation sites is 1. The number of nitrogens with one attached hydrogen (secondary N) is 1. The zero-order valence-electron chi connectivity index (χ0n) is 8.97. The van der Waals surface area contributed by atoms with Gasteiger partial charge in [0.2, 0.25) is 0 Å². The Kier molecular flexibility index (Phi) is 2.18. The Morgan fingerprint density at radius 1 is 0.882 bits per heavy atom. The van der Waals surface area contributed by atoms with Crippen molar-refractivity contribution in [2.75, 3.05) is 0 Å². The van der Waals surface area contributed by atoms with Gasteiger partial charge < -0.3 is 4.98 Å². The first kappa shape index (κ1) is 10.3. The summed E-state index contributed by atoms with van der Waals surface area (Å²) >= 11 is 1.82. The second-order valence-corrected chi connectivity index (χ2v) is 4.91. The van der Waals surface area contributed by atoms with Gasteiger partial charge in [0.25, 0.3) is 0 Å². The van der Waals surface area contributed by atoms with Crippen molar-refractivity contribution < 1.29 is 0 Å². The molecule has 2 heterocycles. The van der Waals surface area contributed by atoms with E-state index in [4.69, 9.17) is 0 Å². The Labute approximate surface area is 102 Å². The van der Waals surface area contributed by atoms with E-state index in [1.165, 1.54) is 31.9 Å².